The first-order valence-electron chi connectivity index (χ1n) is 5.97. The van der Waals surface area contributed by atoms with Crippen LogP contribution in [0.1, 0.15) is 6.42 Å². The molecule has 2 rings (SSSR count). The van der Waals surface area contributed by atoms with Gasteiger partial charge in [0.05, 0.1) is 6.61 Å². The number of barbiturate groups is 1. The van der Waals surface area contributed by atoms with Crippen molar-refractivity contribution < 1.29 is 48.2 Å². The predicted molar refractivity (Wildman–Crippen MR) is 63.7 cm³/mol. The highest BCUT2D eigenvalue weighted by molar-refractivity contribution is 7.46. The van der Waals surface area contributed by atoms with Crippen LogP contribution in [0.4, 0.5) is 4.79 Å². The first-order chi connectivity index (χ1) is 10.1. The molecule has 2 fully saturated rings. The summed E-state index contributed by atoms with van der Waals surface area (Å²) in [7, 11) is -4.83. The maximum atomic E-state index is 11.7. The molecule has 4 atom stereocenters. The monoisotopic (exact) mass is 340 g/mol. The van der Waals surface area contributed by atoms with E-state index in [1.165, 1.54) is 0 Å². The van der Waals surface area contributed by atoms with Gasteiger partial charge in [-0.05, 0) is 0 Å². The molecule has 2 aliphatic heterocycles. The van der Waals surface area contributed by atoms with Crippen molar-refractivity contribution in [3.05, 3.63) is 0 Å². The minimum Gasteiger partial charge on any atom is -0.387 e. The summed E-state index contributed by atoms with van der Waals surface area (Å²) in [6.07, 6.45) is -7.02. The number of rotatable bonds is 4. The Labute approximate surface area is 122 Å². The van der Waals surface area contributed by atoms with Crippen molar-refractivity contribution in [1.82, 2.24) is 10.2 Å². The molecular formula is C9H13N2O10P. The molecule has 2 heterocycles. The third-order valence-electron chi connectivity index (χ3n) is 3.04. The number of hydrogen-bond donors (Lipinski definition) is 5. The zero-order valence-corrected chi connectivity index (χ0v) is 11.8. The predicted octanol–water partition coefficient (Wildman–Crippen LogP) is -2.99. The second kappa shape index (κ2) is 6.01. The van der Waals surface area contributed by atoms with Crippen LogP contribution in [-0.4, -0.2) is 73.9 Å². The Morgan fingerprint density at radius 2 is 1.91 bits per heavy atom. The molecule has 2 saturated heterocycles. The summed E-state index contributed by atoms with van der Waals surface area (Å²) < 4.78 is 19.8. The van der Waals surface area contributed by atoms with Crippen molar-refractivity contribution in [2.75, 3.05) is 6.61 Å². The van der Waals surface area contributed by atoms with Crippen molar-refractivity contribution in [3.8, 4) is 0 Å². The number of phosphoric acid groups is 1. The summed E-state index contributed by atoms with van der Waals surface area (Å²) in [5.41, 5.74) is 0. The molecule has 4 amide bonds. The number of hydrogen-bond acceptors (Lipinski definition) is 8. The fourth-order valence-corrected chi connectivity index (χ4v) is 2.41. The summed E-state index contributed by atoms with van der Waals surface area (Å²) in [5.74, 6) is -1.76. The molecule has 0 bridgehead atoms. The highest BCUT2D eigenvalue weighted by Gasteiger charge is 2.50. The highest BCUT2D eigenvalue weighted by atomic mass is 31.2. The van der Waals surface area contributed by atoms with Crippen LogP contribution in [0.3, 0.4) is 0 Å². The number of aliphatic hydroxyl groups excluding tert-OH is 2. The van der Waals surface area contributed by atoms with E-state index in [0.29, 0.717) is 4.90 Å². The zero-order chi connectivity index (χ0) is 16.7. The van der Waals surface area contributed by atoms with Gasteiger partial charge in [-0.2, -0.15) is 0 Å². The average molecular weight is 340 g/mol. The molecule has 0 radical (unpaired) electrons. The lowest BCUT2D eigenvalue weighted by molar-refractivity contribution is -0.150. The third kappa shape index (κ3) is 3.50. The Bertz CT molecular complexity index is 527. The fraction of sp³-hybridized carbons (Fsp3) is 0.667. The van der Waals surface area contributed by atoms with Crippen LogP contribution in [0.25, 0.3) is 0 Å². The molecule has 0 spiro atoms. The largest absolute Gasteiger partial charge is 0.469 e. The topological polar surface area (TPSA) is 183 Å². The molecule has 0 aromatic carbocycles. The van der Waals surface area contributed by atoms with Crippen molar-refractivity contribution in [1.29, 1.82) is 0 Å². The quantitative estimate of drug-likeness (QED) is 0.261. The number of urea groups is 1. The average Bonchev–Trinajstić information content (AvgIpc) is 2.63. The highest BCUT2D eigenvalue weighted by Crippen LogP contribution is 2.37. The molecule has 12 nitrogen and oxygen atoms in total. The van der Waals surface area contributed by atoms with E-state index in [1.54, 1.807) is 0 Å². The van der Waals surface area contributed by atoms with Gasteiger partial charge in [-0.1, -0.05) is 0 Å². The molecule has 22 heavy (non-hydrogen) atoms. The summed E-state index contributed by atoms with van der Waals surface area (Å²) in [5, 5.41) is 21.4. The zero-order valence-electron chi connectivity index (χ0n) is 10.9. The molecule has 13 heteroatoms. The Kier molecular flexibility index (Phi) is 4.63. The summed E-state index contributed by atoms with van der Waals surface area (Å²) >= 11 is 0. The number of carbonyl (C=O) groups is 3. The normalized spacial score (nSPS) is 33.3. The number of carbonyl (C=O) groups excluding carboxylic acids is 3. The van der Waals surface area contributed by atoms with E-state index in [1.807, 2.05) is 5.32 Å². The van der Waals surface area contributed by atoms with Crippen LogP contribution < -0.4 is 5.32 Å². The number of nitrogens with one attached hydrogen (secondary N) is 1. The van der Waals surface area contributed by atoms with E-state index in [9.17, 15) is 29.2 Å². The molecule has 0 aromatic heterocycles. The van der Waals surface area contributed by atoms with Gasteiger partial charge in [-0.3, -0.25) is 19.4 Å². The minimum atomic E-state index is -4.83. The van der Waals surface area contributed by atoms with Gasteiger partial charge in [-0.15, -0.1) is 0 Å². The second-order valence-electron chi connectivity index (χ2n) is 4.63. The van der Waals surface area contributed by atoms with Crippen molar-refractivity contribution >= 4 is 25.7 Å². The van der Waals surface area contributed by atoms with Gasteiger partial charge < -0.3 is 24.7 Å². The van der Waals surface area contributed by atoms with Gasteiger partial charge >= 0.3 is 13.9 Å². The van der Waals surface area contributed by atoms with Gasteiger partial charge in [0.1, 0.15) is 24.7 Å². The van der Waals surface area contributed by atoms with Crippen LogP contribution in [0.5, 0.6) is 0 Å². The molecule has 0 aliphatic carbocycles. The Balaban J connectivity index is 2.09. The summed E-state index contributed by atoms with van der Waals surface area (Å²) in [4.78, 5) is 51.9. The molecule has 124 valence electrons. The Morgan fingerprint density at radius 3 is 2.45 bits per heavy atom. The molecule has 0 aromatic rings. The number of phosphoric ester groups is 1. The van der Waals surface area contributed by atoms with Gasteiger partial charge in [0.15, 0.2) is 6.23 Å². The summed E-state index contributed by atoms with van der Waals surface area (Å²) in [6, 6.07) is -1.13. The van der Waals surface area contributed by atoms with E-state index < -0.39 is 63.2 Å². The van der Waals surface area contributed by atoms with Gasteiger partial charge in [-0.25, -0.2) is 14.3 Å². The maximum Gasteiger partial charge on any atom is 0.469 e. The number of amides is 4. The van der Waals surface area contributed by atoms with Crippen LogP contribution in [0, 0.1) is 0 Å². The van der Waals surface area contributed by atoms with Crippen LogP contribution >= 0.6 is 7.82 Å². The van der Waals surface area contributed by atoms with E-state index in [2.05, 4.69) is 4.52 Å². The number of aliphatic hydroxyl groups is 2. The lowest BCUT2D eigenvalue weighted by atomic mass is 10.1. The SMILES string of the molecule is O=C1CC(=O)N([C@@H]2O[C@@H](COP(=O)(O)O)[C@@H](O)[C@@H]2O)C(=O)N1. The van der Waals surface area contributed by atoms with Gasteiger partial charge in [0, 0.05) is 0 Å². The third-order valence-corrected chi connectivity index (χ3v) is 3.53. The van der Waals surface area contributed by atoms with Gasteiger partial charge in [0.2, 0.25) is 11.8 Å². The first kappa shape index (κ1) is 17.0. The number of ether oxygens (including phenoxy) is 1. The summed E-state index contributed by atoms with van der Waals surface area (Å²) in [6.45, 7) is -0.776. The van der Waals surface area contributed by atoms with Crippen LogP contribution in [0.15, 0.2) is 0 Å². The van der Waals surface area contributed by atoms with E-state index in [0.717, 1.165) is 0 Å². The molecule has 2 aliphatic rings. The minimum absolute atomic E-state index is 0.423. The maximum absolute atomic E-state index is 11.7. The first-order valence-corrected chi connectivity index (χ1v) is 7.51. The smallest absolute Gasteiger partial charge is 0.387 e. The lowest BCUT2D eigenvalue weighted by Crippen LogP contribution is -2.59. The molecular weight excluding hydrogens is 327 g/mol. The van der Waals surface area contributed by atoms with Gasteiger partial charge in [0.25, 0.3) is 0 Å². The van der Waals surface area contributed by atoms with E-state index in [4.69, 9.17) is 14.5 Å². The van der Waals surface area contributed by atoms with Crippen LogP contribution in [0.2, 0.25) is 0 Å². The van der Waals surface area contributed by atoms with Crippen molar-refractivity contribution in [2.24, 2.45) is 0 Å². The number of imide groups is 2. The van der Waals surface area contributed by atoms with Crippen molar-refractivity contribution in [3.63, 3.8) is 0 Å². The second-order valence-corrected chi connectivity index (χ2v) is 5.87. The van der Waals surface area contributed by atoms with E-state index in [-0.39, 0.29) is 0 Å². The van der Waals surface area contributed by atoms with Crippen LogP contribution in [-0.2, 0) is 23.4 Å². The standard InChI is InChI=1S/C9H13N2O10P/c12-4-1-5(13)11(9(16)10-4)8-7(15)6(14)3(21-8)2-20-22(17,18)19/h3,6-8,14-15H,1-2H2,(H,10,12,16)(H2,17,18,19)/t3-,6+,7-,8+/m0/s1. The number of nitrogens with zero attached hydrogens (tertiary/aromatic N) is 1. The Hall–Kier alpha value is -1.40. The molecule has 0 saturated carbocycles. The van der Waals surface area contributed by atoms with E-state index >= 15 is 0 Å². The van der Waals surface area contributed by atoms with Crippen molar-refractivity contribution in [2.45, 2.75) is 31.0 Å². The fourth-order valence-electron chi connectivity index (χ4n) is 2.07. The Morgan fingerprint density at radius 1 is 1.27 bits per heavy atom. The lowest BCUT2D eigenvalue weighted by Gasteiger charge is -2.30. The molecule has 0 unspecified atom stereocenters. The molecule has 5 N–H and O–H groups in total.